The van der Waals surface area contributed by atoms with Crippen LogP contribution in [0.5, 0.6) is 17.2 Å². The van der Waals surface area contributed by atoms with Crippen molar-refractivity contribution >= 4 is 5.78 Å². The van der Waals surface area contributed by atoms with Crippen LogP contribution in [0.25, 0.3) is 0 Å². The minimum atomic E-state index is -0.183. The van der Waals surface area contributed by atoms with E-state index in [1.807, 2.05) is 0 Å². The summed E-state index contributed by atoms with van der Waals surface area (Å²) < 4.78 is 15.6. The van der Waals surface area contributed by atoms with Crippen LogP contribution in [0.4, 0.5) is 0 Å². The third-order valence-electron chi connectivity index (χ3n) is 2.96. The van der Waals surface area contributed by atoms with E-state index in [-0.39, 0.29) is 5.78 Å². The van der Waals surface area contributed by atoms with E-state index < -0.39 is 0 Å². The van der Waals surface area contributed by atoms with Crippen molar-refractivity contribution in [2.24, 2.45) is 0 Å². The van der Waals surface area contributed by atoms with Gasteiger partial charge >= 0.3 is 0 Å². The van der Waals surface area contributed by atoms with E-state index >= 15 is 0 Å². The Bertz CT molecular complexity index is 730. The number of carbonyl (C=O) groups excluding carboxylic acids is 1. The topological polar surface area (TPSA) is 44.8 Å². The normalized spacial score (nSPS) is 9.57. The van der Waals surface area contributed by atoms with Crippen molar-refractivity contribution in [3.05, 3.63) is 92.1 Å². The Hall–Kier alpha value is -3.27. The molecule has 2 aromatic carbocycles. The fraction of sp³-hybridized carbons (Fsp3) is 0. The largest absolute Gasteiger partial charge is 0.466 e. The molecular formula is C19H16O4. The third kappa shape index (κ3) is 3.89. The molecule has 0 aliphatic carbocycles. The van der Waals surface area contributed by atoms with Crippen molar-refractivity contribution < 1.29 is 19.0 Å². The van der Waals surface area contributed by atoms with Crippen LogP contribution in [-0.4, -0.2) is 5.78 Å². The lowest BCUT2D eigenvalue weighted by atomic mass is 10.0. The molecule has 0 fully saturated rings. The van der Waals surface area contributed by atoms with E-state index in [1.165, 1.54) is 18.8 Å². The van der Waals surface area contributed by atoms with Crippen molar-refractivity contribution in [3.63, 3.8) is 0 Å². The second-order valence-corrected chi connectivity index (χ2v) is 4.37. The fourth-order valence-corrected chi connectivity index (χ4v) is 1.98. The number of rotatable bonds is 8. The third-order valence-corrected chi connectivity index (χ3v) is 2.96. The summed E-state index contributed by atoms with van der Waals surface area (Å²) in [6.45, 7) is 10.5. The van der Waals surface area contributed by atoms with Crippen LogP contribution in [-0.2, 0) is 0 Å². The number of ether oxygens (including phenoxy) is 3. The number of hydrogen-bond donors (Lipinski definition) is 0. The van der Waals surface area contributed by atoms with Gasteiger partial charge in [-0.25, -0.2) is 0 Å². The Labute approximate surface area is 134 Å². The van der Waals surface area contributed by atoms with Crippen LogP contribution in [0.2, 0.25) is 0 Å². The SMILES string of the molecule is C=COc1ccc(C(=O)c2ccc(OC=C)cc2OC=C)cc1. The minimum Gasteiger partial charge on any atom is -0.466 e. The second-order valence-electron chi connectivity index (χ2n) is 4.37. The number of hydrogen-bond acceptors (Lipinski definition) is 4. The number of benzene rings is 2. The highest BCUT2D eigenvalue weighted by Gasteiger charge is 2.15. The predicted molar refractivity (Wildman–Crippen MR) is 88.8 cm³/mol. The van der Waals surface area contributed by atoms with Crippen LogP contribution < -0.4 is 14.2 Å². The highest BCUT2D eigenvalue weighted by molar-refractivity contribution is 6.10. The standard InChI is InChI=1S/C19H16O4/c1-4-21-15-9-7-14(8-10-15)19(20)17-12-11-16(22-5-2)13-18(17)23-6-3/h4-13H,1-3H2. The molecule has 0 saturated carbocycles. The van der Waals surface area contributed by atoms with E-state index in [1.54, 1.807) is 42.5 Å². The Morgan fingerprint density at radius 2 is 1.35 bits per heavy atom. The first-order chi connectivity index (χ1) is 11.2. The van der Waals surface area contributed by atoms with Crippen LogP contribution >= 0.6 is 0 Å². The molecule has 116 valence electrons. The molecule has 4 heteroatoms. The highest BCUT2D eigenvalue weighted by atomic mass is 16.5. The molecule has 0 radical (unpaired) electrons. The highest BCUT2D eigenvalue weighted by Crippen LogP contribution is 2.28. The maximum atomic E-state index is 12.6. The van der Waals surface area contributed by atoms with Crippen LogP contribution in [0.3, 0.4) is 0 Å². The zero-order valence-electron chi connectivity index (χ0n) is 12.5. The summed E-state index contributed by atoms with van der Waals surface area (Å²) in [5.41, 5.74) is 0.909. The Kier molecular flexibility index (Phi) is 5.36. The molecule has 0 N–H and O–H groups in total. The molecule has 2 aromatic rings. The maximum Gasteiger partial charge on any atom is 0.196 e. The molecule has 0 atom stereocenters. The fourth-order valence-electron chi connectivity index (χ4n) is 1.98. The molecule has 23 heavy (non-hydrogen) atoms. The first-order valence-corrected chi connectivity index (χ1v) is 6.81. The van der Waals surface area contributed by atoms with Crippen LogP contribution in [0.1, 0.15) is 15.9 Å². The first kappa shape index (κ1) is 16.1. The molecule has 0 amide bonds. The van der Waals surface area contributed by atoms with Crippen molar-refractivity contribution in [2.75, 3.05) is 0 Å². The predicted octanol–water partition coefficient (Wildman–Crippen LogP) is 4.48. The lowest BCUT2D eigenvalue weighted by Gasteiger charge is -2.10. The molecule has 0 aromatic heterocycles. The number of carbonyl (C=O) groups is 1. The zero-order valence-corrected chi connectivity index (χ0v) is 12.5. The average Bonchev–Trinajstić information content (AvgIpc) is 2.56. The summed E-state index contributed by atoms with van der Waals surface area (Å²) in [4.78, 5) is 12.6. The van der Waals surface area contributed by atoms with Crippen molar-refractivity contribution in [1.29, 1.82) is 0 Å². The molecule has 0 heterocycles. The van der Waals surface area contributed by atoms with E-state index in [0.717, 1.165) is 0 Å². The molecule has 0 spiro atoms. The van der Waals surface area contributed by atoms with Gasteiger partial charge in [0, 0.05) is 11.6 Å². The van der Waals surface area contributed by atoms with Gasteiger partial charge in [-0.15, -0.1) is 0 Å². The van der Waals surface area contributed by atoms with E-state index in [0.29, 0.717) is 28.4 Å². The Morgan fingerprint density at radius 1 is 0.783 bits per heavy atom. The van der Waals surface area contributed by atoms with Gasteiger partial charge in [0.15, 0.2) is 5.78 Å². The molecule has 0 unspecified atom stereocenters. The van der Waals surface area contributed by atoms with E-state index in [9.17, 15) is 4.79 Å². The molecule has 0 aliphatic rings. The Morgan fingerprint density at radius 3 is 1.96 bits per heavy atom. The summed E-state index contributed by atoms with van der Waals surface area (Å²) in [6.07, 6.45) is 3.88. The second kappa shape index (κ2) is 7.66. The Balaban J connectivity index is 2.35. The van der Waals surface area contributed by atoms with Crippen molar-refractivity contribution in [3.8, 4) is 17.2 Å². The van der Waals surface area contributed by atoms with Gasteiger partial charge in [0.25, 0.3) is 0 Å². The zero-order chi connectivity index (χ0) is 16.7. The van der Waals surface area contributed by atoms with Crippen LogP contribution in [0.15, 0.2) is 81.0 Å². The molecule has 4 nitrogen and oxygen atoms in total. The summed E-state index contributed by atoms with van der Waals surface area (Å²) >= 11 is 0. The summed E-state index contributed by atoms with van der Waals surface area (Å²) in [6, 6.07) is 11.6. The van der Waals surface area contributed by atoms with Gasteiger partial charge in [-0.05, 0) is 36.4 Å². The van der Waals surface area contributed by atoms with E-state index in [2.05, 4.69) is 19.7 Å². The summed E-state index contributed by atoms with van der Waals surface area (Å²) in [5, 5.41) is 0. The maximum absolute atomic E-state index is 12.6. The van der Waals surface area contributed by atoms with Gasteiger partial charge < -0.3 is 14.2 Å². The van der Waals surface area contributed by atoms with Gasteiger partial charge in [-0.3, -0.25) is 4.79 Å². The minimum absolute atomic E-state index is 0.183. The smallest absolute Gasteiger partial charge is 0.196 e. The van der Waals surface area contributed by atoms with Crippen molar-refractivity contribution in [1.82, 2.24) is 0 Å². The molecule has 2 rings (SSSR count). The van der Waals surface area contributed by atoms with Gasteiger partial charge in [0.05, 0.1) is 24.3 Å². The van der Waals surface area contributed by atoms with Gasteiger partial charge in [-0.1, -0.05) is 19.7 Å². The number of ketones is 1. The first-order valence-electron chi connectivity index (χ1n) is 6.81. The van der Waals surface area contributed by atoms with Gasteiger partial charge in [-0.2, -0.15) is 0 Å². The van der Waals surface area contributed by atoms with E-state index in [4.69, 9.17) is 14.2 Å². The van der Waals surface area contributed by atoms with Gasteiger partial charge in [0.2, 0.25) is 0 Å². The van der Waals surface area contributed by atoms with Crippen molar-refractivity contribution in [2.45, 2.75) is 0 Å². The molecule has 0 saturated heterocycles. The lowest BCUT2D eigenvalue weighted by molar-refractivity contribution is 0.103. The average molecular weight is 308 g/mol. The van der Waals surface area contributed by atoms with Gasteiger partial charge in [0.1, 0.15) is 17.2 Å². The molecular weight excluding hydrogens is 292 g/mol. The monoisotopic (exact) mass is 308 g/mol. The molecule has 0 bridgehead atoms. The summed E-state index contributed by atoms with van der Waals surface area (Å²) in [7, 11) is 0. The van der Waals surface area contributed by atoms with Crippen LogP contribution in [0, 0.1) is 0 Å². The summed E-state index contributed by atoms with van der Waals surface area (Å²) in [5.74, 6) is 1.30. The lowest BCUT2D eigenvalue weighted by Crippen LogP contribution is -2.04. The molecule has 0 aliphatic heterocycles. The quantitative estimate of drug-likeness (QED) is 0.532.